The van der Waals surface area contributed by atoms with Gasteiger partial charge < -0.3 is 0 Å². The van der Waals surface area contributed by atoms with Gasteiger partial charge in [-0.2, -0.15) is 0 Å². The van der Waals surface area contributed by atoms with Gasteiger partial charge in [0.25, 0.3) is 0 Å². The highest BCUT2D eigenvalue weighted by molar-refractivity contribution is 6.26. The molecule has 0 heterocycles. The highest BCUT2D eigenvalue weighted by atomic mass is 14.2. The van der Waals surface area contributed by atoms with Crippen LogP contribution in [0.2, 0.25) is 0 Å². The molecule has 12 aromatic carbocycles. The van der Waals surface area contributed by atoms with Crippen LogP contribution in [0.5, 0.6) is 0 Å². The van der Waals surface area contributed by atoms with Gasteiger partial charge in [-0.25, -0.2) is 0 Å². The van der Waals surface area contributed by atoms with E-state index in [0.29, 0.717) is 0 Å². The van der Waals surface area contributed by atoms with Gasteiger partial charge in [-0.05, 0) is 138 Å². The molecule has 12 rings (SSSR count). The van der Waals surface area contributed by atoms with E-state index in [1.54, 1.807) is 0 Å². The van der Waals surface area contributed by atoms with Crippen LogP contribution in [0, 0.1) is 0 Å². The second-order valence-corrected chi connectivity index (χ2v) is 15.2. The van der Waals surface area contributed by atoms with Crippen molar-refractivity contribution < 1.29 is 0 Å². The van der Waals surface area contributed by atoms with E-state index in [2.05, 4.69) is 206 Å². The van der Waals surface area contributed by atoms with Crippen molar-refractivity contribution in [2.24, 2.45) is 0 Å². The first kappa shape index (κ1) is 31.1. The number of hydrogen-bond acceptors (Lipinski definition) is 0. The second-order valence-electron chi connectivity index (χ2n) is 15.2. The third-order valence-electron chi connectivity index (χ3n) is 12.2. The Morgan fingerprint density at radius 1 is 0.196 bits per heavy atom. The molecule has 0 radical (unpaired) electrons. The van der Waals surface area contributed by atoms with Gasteiger partial charge in [-0.3, -0.25) is 0 Å². The molecule has 0 unspecified atom stereocenters. The van der Waals surface area contributed by atoms with Gasteiger partial charge in [0.2, 0.25) is 0 Å². The lowest BCUT2D eigenvalue weighted by Gasteiger charge is -2.20. The molecular formula is C56H34. The molecule has 0 bridgehead atoms. The normalized spacial score (nSPS) is 11.9. The van der Waals surface area contributed by atoms with Crippen molar-refractivity contribution in [2.75, 3.05) is 0 Å². The van der Waals surface area contributed by atoms with Crippen LogP contribution >= 0.6 is 0 Å². The van der Waals surface area contributed by atoms with Gasteiger partial charge in [0, 0.05) is 0 Å². The van der Waals surface area contributed by atoms with Gasteiger partial charge >= 0.3 is 0 Å². The van der Waals surface area contributed by atoms with Gasteiger partial charge in [0.05, 0.1) is 0 Å². The molecule has 0 fully saturated rings. The van der Waals surface area contributed by atoms with Crippen LogP contribution in [0.25, 0.3) is 120 Å². The third-order valence-corrected chi connectivity index (χ3v) is 12.2. The molecule has 56 heavy (non-hydrogen) atoms. The maximum atomic E-state index is 2.45. The Balaban J connectivity index is 1.15. The molecule has 0 atom stereocenters. The summed E-state index contributed by atoms with van der Waals surface area (Å²) in [5.74, 6) is 0. The molecule has 0 aliphatic heterocycles. The van der Waals surface area contributed by atoms with E-state index < -0.39 is 0 Å². The predicted molar refractivity (Wildman–Crippen MR) is 242 cm³/mol. The maximum Gasteiger partial charge on any atom is -0.00259 e. The van der Waals surface area contributed by atoms with Crippen molar-refractivity contribution in [3.05, 3.63) is 206 Å². The largest absolute Gasteiger partial charge is 0.0616 e. The van der Waals surface area contributed by atoms with E-state index in [1.165, 1.54) is 120 Å². The summed E-state index contributed by atoms with van der Waals surface area (Å²) in [5.41, 5.74) is 9.96. The summed E-state index contributed by atoms with van der Waals surface area (Å²) in [7, 11) is 0. The minimum Gasteiger partial charge on any atom is -0.0616 e. The Labute approximate surface area is 324 Å². The highest BCUT2D eigenvalue weighted by Crippen LogP contribution is 2.47. The number of benzene rings is 12. The summed E-state index contributed by atoms with van der Waals surface area (Å²) < 4.78 is 0. The summed E-state index contributed by atoms with van der Waals surface area (Å²) >= 11 is 0. The highest BCUT2D eigenvalue weighted by Gasteiger charge is 2.20. The van der Waals surface area contributed by atoms with Crippen LogP contribution in [0.1, 0.15) is 0 Å². The second kappa shape index (κ2) is 12.1. The summed E-state index contributed by atoms with van der Waals surface area (Å²) in [6.07, 6.45) is 0. The average molecular weight is 707 g/mol. The summed E-state index contributed by atoms with van der Waals surface area (Å²) in [5, 5.41) is 17.9. The van der Waals surface area contributed by atoms with Gasteiger partial charge in [0.15, 0.2) is 0 Å². The fraction of sp³-hybridized carbons (Fsp3) is 0. The topological polar surface area (TPSA) is 0 Å². The Morgan fingerprint density at radius 3 is 1.23 bits per heavy atom. The standard InChI is InChI=1S/C56H34/c1-3-16-45-35(10-1)12-8-20-47(45)37-22-24-40(25-23-37)55-49-18-5-6-19-50(49)56(44-32-42-28-26-38-14-7-15-39-27-29-43(33-44)54(42)53(38)39)51-31-30-41(34-52(51)55)48-21-9-13-36-11-2-4-17-46(36)48/h1-34H. The lowest BCUT2D eigenvalue weighted by Crippen LogP contribution is -1.93. The quantitative estimate of drug-likeness (QED) is 0.126. The van der Waals surface area contributed by atoms with Crippen LogP contribution < -0.4 is 0 Å². The minimum absolute atomic E-state index is 1.22. The monoisotopic (exact) mass is 706 g/mol. The lowest BCUT2D eigenvalue weighted by molar-refractivity contribution is 1.63. The minimum atomic E-state index is 1.22. The molecule has 0 aromatic heterocycles. The van der Waals surface area contributed by atoms with Crippen LogP contribution in [0.15, 0.2) is 206 Å². The van der Waals surface area contributed by atoms with Crippen molar-refractivity contribution in [2.45, 2.75) is 0 Å². The van der Waals surface area contributed by atoms with E-state index in [4.69, 9.17) is 0 Å². The van der Waals surface area contributed by atoms with Crippen LogP contribution in [0.4, 0.5) is 0 Å². The first-order chi connectivity index (χ1) is 27.8. The summed E-state index contributed by atoms with van der Waals surface area (Å²) in [4.78, 5) is 0. The molecule has 0 saturated carbocycles. The maximum absolute atomic E-state index is 2.45. The van der Waals surface area contributed by atoms with Crippen molar-refractivity contribution in [3.8, 4) is 44.5 Å². The fourth-order valence-electron chi connectivity index (χ4n) is 9.64. The third kappa shape index (κ3) is 4.66. The Bertz CT molecular complexity index is 3440. The molecule has 0 saturated heterocycles. The first-order valence-electron chi connectivity index (χ1n) is 19.5. The molecule has 12 aromatic rings. The number of rotatable bonds is 4. The molecule has 0 aliphatic carbocycles. The van der Waals surface area contributed by atoms with Gasteiger partial charge in [0.1, 0.15) is 0 Å². The molecular weight excluding hydrogens is 673 g/mol. The molecule has 0 spiro atoms. The van der Waals surface area contributed by atoms with E-state index in [0.717, 1.165) is 0 Å². The van der Waals surface area contributed by atoms with E-state index in [-0.39, 0.29) is 0 Å². The van der Waals surface area contributed by atoms with Crippen molar-refractivity contribution in [1.29, 1.82) is 0 Å². The average Bonchev–Trinajstić information content (AvgIpc) is 3.27. The first-order valence-corrected chi connectivity index (χ1v) is 19.5. The molecule has 0 aliphatic rings. The fourth-order valence-corrected chi connectivity index (χ4v) is 9.64. The SMILES string of the molecule is c1ccc2c(-c3ccc(-c4c5ccccc5c(-c5cc6ccc7cccc8ccc(c5)c6c78)c5ccc(-c6cccc7ccccc67)cc45)cc3)cccc2c1. The zero-order valence-electron chi connectivity index (χ0n) is 30.6. The van der Waals surface area contributed by atoms with Crippen LogP contribution in [-0.4, -0.2) is 0 Å². The Hall–Kier alpha value is -7.28. The lowest BCUT2D eigenvalue weighted by atomic mass is 9.83. The van der Waals surface area contributed by atoms with Gasteiger partial charge in [-0.15, -0.1) is 0 Å². The van der Waals surface area contributed by atoms with Crippen molar-refractivity contribution in [1.82, 2.24) is 0 Å². The molecule has 0 heteroatoms. The smallest absolute Gasteiger partial charge is 0.00259 e. The summed E-state index contributed by atoms with van der Waals surface area (Å²) in [6.45, 7) is 0. The van der Waals surface area contributed by atoms with Crippen molar-refractivity contribution >= 4 is 75.4 Å². The number of fused-ring (bicyclic) bond motifs is 4. The van der Waals surface area contributed by atoms with E-state index >= 15 is 0 Å². The van der Waals surface area contributed by atoms with E-state index in [9.17, 15) is 0 Å². The Morgan fingerprint density at radius 2 is 0.607 bits per heavy atom. The van der Waals surface area contributed by atoms with Crippen LogP contribution in [-0.2, 0) is 0 Å². The molecule has 0 N–H and O–H groups in total. The number of hydrogen-bond donors (Lipinski definition) is 0. The van der Waals surface area contributed by atoms with Gasteiger partial charge in [-0.1, -0.05) is 188 Å². The Kier molecular flexibility index (Phi) is 6.73. The van der Waals surface area contributed by atoms with Crippen LogP contribution in [0.3, 0.4) is 0 Å². The predicted octanol–water partition coefficient (Wildman–Crippen LogP) is 15.9. The molecule has 0 nitrogen and oxygen atoms in total. The molecule has 258 valence electrons. The summed E-state index contributed by atoms with van der Waals surface area (Å²) in [6, 6.07) is 76.8. The van der Waals surface area contributed by atoms with Crippen molar-refractivity contribution in [3.63, 3.8) is 0 Å². The zero-order valence-corrected chi connectivity index (χ0v) is 30.6. The zero-order chi connectivity index (χ0) is 36.7. The molecule has 0 amide bonds. The van der Waals surface area contributed by atoms with E-state index in [1.807, 2.05) is 0 Å².